The lowest BCUT2D eigenvalue weighted by Gasteiger charge is -2.30. The Morgan fingerprint density at radius 3 is 2.56 bits per heavy atom. The van der Waals surface area contributed by atoms with Crippen molar-refractivity contribution in [3.63, 3.8) is 0 Å². The van der Waals surface area contributed by atoms with E-state index in [0.29, 0.717) is 48.5 Å². The molecule has 2 aromatic heterocycles. The lowest BCUT2D eigenvalue weighted by molar-refractivity contribution is -0.201. The highest BCUT2D eigenvalue weighted by molar-refractivity contribution is 5.79. The summed E-state index contributed by atoms with van der Waals surface area (Å²) in [4.78, 5) is 32.1. The first-order chi connectivity index (χ1) is 19.9. The molecular weight excluding hydrogens is 525 g/mol. The number of H-pyrrole nitrogens is 1. The molecule has 0 bridgehead atoms. The van der Waals surface area contributed by atoms with E-state index in [1.165, 1.54) is 31.4 Å². The van der Waals surface area contributed by atoms with E-state index in [1.54, 1.807) is 18.3 Å². The van der Waals surface area contributed by atoms with Crippen molar-refractivity contribution < 1.29 is 18.7 Å². The van der Waals surface area contributed by atoms with Crippen LogP contribution in [0.3, 0.4) is 0 Å². The number of amides is 1. The normalized spacial score (nSPS) is 19.8. The second kappa shape index (κ2) is 14.0. The molecule has 2 aliphatic rings. The number of hydrogen-bond donors (Lipinski definition) is 3. The van der Waals surface area contributed by atoms with Crippen LogP contribution < -0.4 is 10.6 Å². The van der Waals surface area contributed by atoms with Gasteiger partial charge >= 0.3 is 0 Å². The molecule has 0 radical (unpaired) electrons. The van der Waals surface area contributed by atoms with Gasteiger partial charge in [-0.05, 0) is 70.2 Å². The molecular formula is C30H40FN7O3. The maximum atomic E-state index is 13.7. The van der Waals surface area contributed by atoms with E-state index in [4.69, 9.17) is 19.4 Å². The summed E-state index contributed by atoms with van der Waals surface area (Å²) >= 11 is 0. The van der Waals surface area contributed by atoms with Gasteiger partial charge in [-0.1, -0.05) is 19.3 Å². The summed E-state index contributed by atoms with van der Waals surface area (Å²) < 4.78 is 25.6. The van der Waals surface area contributed by atoms with Crippen molar-refractivity contribution in [1.29, 1.82) is 0 Å². The van der Waals surface area contributed by atoms with Crippen LogP contribution in [0.1, 0.15) is 44.3 Å². The molecule has 3 N–H and O–H groups in total. The maximum absolute atomic E-state index is 13.7. The number of aromatic nitrogens is 4. The van der Waals surface area contributed by atoms with Gasteiger partial charge in [0.15, 0.2) is 6.29 Å². The smallest absolute Gasteiger partial charge is 0.228 e. The topological polar surface area (TPSA) is 117 Å². The Morgan fingerprint density at radius 2 is 1.83 bits per heavy atom. The number of nitrogens with zero attached hydrogens (tertiary/aromatic N) is 4. The van der Waals surface area contributed by atoms with Gasteiger partial charge in [-0.2, -0.15) is 0 Å². The molecule has 10 nitrogen and oxygen atoms in total. The minimum atomic E-state index is -0.534. The number of nitrogens with one attached hydrogen (secondary N) is 3. The van der Waals surface area contributed by atoms with E-state index in [0.717, 1.165) is 37.9 Å². The quantitative estimate of drug-likeness (QED) is 0.299. The second-order valence-corrected chi connectivity index (χ2v) is 11.1. The minimum Gasteiger partial charge on any atom is -0.354 e. The highest BCUT2D eigenvalue weighted by atomic mass is 19.1. The third kappa shape index (κ3) is 8.08. The Kier molecular flexibility index (Phi) is 9.92. The number of anilines is 1. The second-order valence-electron chi connectivity index (χ2n) is 11.1. The Balaban J connectivity index is 1.26. The molecule has 2 fully saturated rings. The number of halogens is 1. The molecule has 11 heteroatoms. The van der Waals surface area contributed by atoms with Crippen LogP contribution in [0.25, 0.3) is 22.6 Å². The molecule has 1 aliphatic carbocycles. The van der Waals surface area contributed by atoms with Gasteiger partial charge in [0.05, 0.1) is 42.6 Å². The van der Waals surface area contributed by atoms with Crippen LogP contribution in [0.4, 0.5) is 10.3 Å². The van der Waals surface area contributed by atoms with E-state index in [2.05, 4.69) is 25.5 Å². The summed E-state index contributed by atoms with van der Waals surface area (Å²) in [5.74, 6) is 0.541. The van der Waals surface area contributed by atoms with Crippen LogP contribution >= 0.6 is 0 Å². The number of carbonyl (C=O) groups excluding carboxylic acids is 1. The predicted molar refractivity (Wildman–Crippen MR) is 155 cm³/mol. The summed E-state index contributed by atoms with van der Waals surface area (Å²) in [7, 11) is 4.08. The Labute approximate surface area is 240 Å². The fourth-order valence-corrected chi connectivity index (χ4v) is 5.24. The Hall–Kier alpha value is -3.41. The lowest BCUT2D eigenvalue weighted by Crippen LogP contribution is -2.46. The van der Waals surface area contributed by atoms with E-state index < -0.39 is 6.29 Å². The van der Waals surface area contributed by atoms with Gasteiger partial charge in [0, 0.05) is 24.3 Å². The molecule has 1 saturated carbocycles. The highest BCUT2D eigenvalue weighted by Crippen LogP contribution is 2.30. The molecule has 0 spiro atoms. The monoisotopic (exact) mass is 565 g/mol. The van der Waals surface area contributed by atoms with Gasteiger partial charge in [-0.25, -0.2) is 19.3 Å². The first kappa shape index (κ1) is 29.1. The predicted octanol–water partition coefficient (Wildman–Crippen LogP) is 4.02. The number of ether oxygens (including phenoxy) is 2. The number of imidazole rings is 1. The number of hydrogen-bond acceptors (Lipinski definition) is 8. The summed E-state index contributed by atoms with van der Waals surface area (Å²) in [6.07, 6.45) is 8.16. The largest absolute Gasteiger partial charge is 0.354 e. The van der Waals surface area contributed by atoms with Gasteiger partial charge < -0.3 is 30.0 Å². The van der Waals surface area contributed by atoms with E-state index in [-0.39, 0.29) is 23.7 Å². The van der Waals surface area contributed by atoms with Crippen molar-refractivity contribution >= 4 is 11.9 Å². The van der Waals surface area contributed by atoms with Crippen LogP contribution in [-0.2, 0) is 20.7 Å². The summed E-state index contributed by atoms with van der Waals surface area (Å²) in [6.45, 7) is 2.31. The number of aromatic amines is 1. The Morgan fingerprint density at radius 1 is 1.07 bits per heavy atom. The third-order valence-electron chi connectivity index (χ3n) is 7.50. The van der Waals surface area contributed by atoms with Gasteiger partial charge in [0.25, 0.3) is 0 Å². The summed E-state index contributed by atoms with van der Waals surface area (Å²) in [6, 6.07) is 8.30. The van der Waals surface area contributed by atoms with Crippen LogP contribution in [0.5, 0.6) is 0 Å². The van der Waals surface area contributed by atoms with Crippen molar-refractivity contribution in [2.24, 2.45) is 5.92 Å². The maximum Gasteiger partial charge on any atom is 0.228 e. The number of benzene rings is 1. The fraction of sp³-hybridized carbons (Fsp3) is 0.533. The molecule has 5 rings (SSSR count). The third-order valence-corrected chi connectivity index (χ3v) is 7.50. The number of carbonyl (C=O) groups is 1. The van der Waals surface area contributed by atoms with E-state index >= 15 is 0 Å². The van der Waals surface area contributed by atoms with E-state index in [9.17, 15) is 9.18 Å². The van der Waals surface area contributed by atoms with Crippen molar-refractivity contribution in [3.8, 4) is 22.6 Å². The molecule has 41 heavy (non-hydrogen) atoms. The van der Waals surface area contributed by atoms with Crippen molar-refractivity contribution in [2.45, 2.75) is 57.3 Å². The summed E-state index contributed by atoms with van der Waals surface area (Å²) in [5.41, 5.74) is 2.77. The molecule has 1 aromatic carbocycles. The van der Waals surface area contributed by atoms with Crippen LogP contribution in [0.15, 0.2) is 36.5 Å². The standard InChI is InChI=1S/C30H40FN7O3/c1-38(2)16-6-14-32-30-33-15-13-24(35-30)28-27(20-9-11-22(31)12-10-20)36-25(37-28)17-26-40-18-21(19-41-26)29(39)34-23-7-4-3-5-8-23/h9-13,15,21,23,26H,3-8,14,16-19H2,1-2H3,(H,34,39)(H,36,37)(H,32,33,35). The zero-order chi connectivity index (χ0) is 28.6. The number of rotatable bonds is 11. The van der Waals surface area contributed by atoms with Crippen LogP contribution in [0.2, 0.25) is 0 Å². The molecule has 3 heterocycles. The average molecular weight is 566 g/mol. The zero-order valence-corrected chi connectivity index (χ0v) is 23.9. The molecule has 1 aliphatic heterocycles. The first-order valence-electron chi connectivity index (χ1n) is 14.5. The van der Waals surface area contributed by atoms with E-state index in [1.807, 2.05) is 20.2 Å². The molecule has 1 saturated heterocycles. The summed E-state index contributed by atoms with van der Waals surface area (Å²) in [5, 5.41) is 6.45. The molecule has 220 valence electrons. The van der Waals surface area contributed by atoms with Crippen molar-refractivity contribution in [1.82, 2.24) is 30.2 Å². The molecule has 0 atom stereocenters. The van der Waals surface area contributed by atoms with Crippen LogP contribution in [-0.4, -0.2) is 83.5 Å². The Bertz CT molecular complexity index is 1270. The fourth-order valence-electron chi connectivity index (χ4n) is 5.24. The van der Waals surface area contributed by atoms with Crippen LogP contribution in [0, 0.1) is 11.7 Å². The average Bonchev–Trinajstić information content (AvgIpc) is 3.40. The molecule has 3 aromatic rings. The lowest BCUT2D eigenvalue weighted by atomic mass is 9.95. The molecule has 1 amide bonds. The zero-order valence-electron chi connectivity index (χ0n) is 23.9. The van der Waals surface area contributed by atoms with Gasteiger partial charge in [0.2, 0.25) is 11.9 Å². The van der Waals surface area contributed by atoms with Gasteiger partial charge in [-0.15, -0.1) is 0 Å². The highest BCUT2D eigenvalue weighted by Gasteiger charge is 2.30. The first-order valence-corrected chi connectivity index (χ1v) is 14.5. The van der Waals surface area contributed by atoms with Gasteiger partial charge in [-0.3, -0.25) is 4.79 Å². The molecule has 0 unspecified atom stereocenters. The van der Waals surface area contributed by atoms with Gasteiger partial charge in [0.1, 0.15) is 11.6 Å². The van der Waals surface area contributed by atoms with Crippen molar-refractivity contribution in [3.05, 3.63) is 48.2 Å². The van der Waals surface area contributed by atoms with Crippen molar-refractivity contribution in [2.75, 3.05) is 45.7 Å². The SMILES string of the molecule is CN(C)CCCNc1nccc(-c2[nH]c(CC3OCC(C(=O)NC4CCCCC4)CO3)nc2-c2ccc(F)cc2)n1. The minimum absolute atomic E-state index is 0.00382.